The molecule has 1 aliphatic carbocycles. The van der Waals surface area contributed by atoms with E-state index in [1.54, 1.807) is 0 Å². The van der Waals surface area contributed by atoms with E-state index in [1.165, 1.54) is 5.56 Å². The number of nitrogens with zero attached hydrogens (tertiary/aromatic N) is 4. The highest BCUT2D eigenvalue weighted by molar-refractivity contribution is 5.90. The molecule has 2 aromatic rings. The maximum atomic E-state index is 12.9. The number of amides is 2. The Morgan fingerprint density at radius 1 is 1.20 bits per heavy atom. The van der Waals surface area contributed by atoms with Gasteiger partial charge in [0, 0.05) is 31.2 Å². The number of likely N-dealkylation sites (N-methyl/N-ethyl adjacent to an activating group) is 1. The fraction of sp³-hybridized carbons (Fsp3) is 0.474. The van der Waals surface area contributed by atoms with E-state index in [1.807, 2.05) is 39.9 Å². The Hall–Kier alpha value is -2.34. The van der Waals surface area contributed by atoms with Gasteiger partial charge in [0.2, 0.25) is 0 Å². The molecule has 0 unspecified atom stereocenters. The maximum Gasteiger partial charge on any atom is 0.323 e. The van der Waals surface area contributed by atoms with Gasteiger partial charge in [0.05, 0.1) is 11.4 Å². The summed E-state index contributed by atoms with van der Waals surface area (Å²) in [5, 5.41) is 7.94. The molecule has 0 bridgehead atoms. The third kappa shape index (κ3) is 3.02. The summed E-state index contributed by atoms with van der Waals surface area (Å²) in [7, 11) is 2.10. The fourth-order valence-electron chi connectivity index (χ4n) is 3.89. The Morgan fingerprint density at radius 3 is 2.76 bits per heavy atom. The summed E-state index contributed by atoms with van der Waals surface area (Å²) in [5.41, 5.74) is 3.29. The summed E-state index contributed by atoms with van der Waals surface area (Å²) in [4.78, 5) is 17.1. The van der Waals surface area contributed by atoms with E-state index in [0.717, 1.165) is 56.1 Å². The molecule has 0 spiro atoms. The number of para-hydroxylation sites is 1. The number of anilines is 1. The second kappa shape index (κ2) is 6.52. The summed E-state index contributed by atoms with van der Waals surface area (Å²) in [6.07, 6.45) is 3.08. The van der Waals surface area contributed by atoms with E-state index in [2.05, 4.69) is 24.2 Å². The number of urea groups is 1. The Balaban J connectivity index is 1.63. The van der Waals surface area contributed by atoms with Crippen LogP contribution in [0.1, 0.15) is 24.6 Å². The van der Waals surface area contributed by atoms with Gasteiger partial charge in [-0.05, 0) is 45.4 Å². The van der Waals surface area contributed by atoms with Crippen molar-refractivity contribution in [3.05, 3.63) is 41.6 Å². The van der Waals surface area contributed by atoms with Gasteiger partial charge < -0.3 is 9.80 Å². The minimum absolute atomic E-state index is 0.0209. The lowest BCUT2D eigenvalue weighted by Crippen LogP contribution is -2.54. The standard InChI is InChI=1S/C19H25N5O/c1-14-13-22(2)11-12-23(14)19(25)20-18-16-9-6-10-17(16)21-24(18)15-7-4-3-5-8-15/h3-5,7-8,14H,6,9-13H2,1-2H3,(H,20,25)/t14-/m1/s1. The van der Waals surface area contributed by atoms with Gasteiger partial charge in [0.25, 0.3) is 0 Å². The number of carbonyl (C=O) groups is 1. The smallest absolute Gasteiger partial charge is 0.319 e. The third-order valence-corrected chi connectivity index (χ3v) is 5.22. The summed E-state index contributed by atoms with van der Waals surface area (Å²) in [6.45, 7) is 4.68. The largest absolute Gasteiger partial charge is 0.323 e. The van der Waals surface area contributed by atoms with Crippen LogP contribution in [0.3, 0.4) is 0 Å². The molecule has 25 heavy (non-hydrogen) atoms. The molecule has 1 aromatic carbocycles. The van der Waals surface area contributed by atoms with Crippen LogP contribution in [0.15, 0.2) is 30.3 Å². The van der Waals surface area contributed by atoms with E-state index in [9.17, 15) is 4.79 Å². The zero-order valence-corrected chi connectivity index (χ0v) is 14.9. The van der Waals surface area contributed by atoms with E-state index in [0.29, 0.717) is 0 Å². The normalized spacial score (nSPS) is 20.6. The number of aromatic nitrogens is 2. The van der Waals surface area contributed by atoms with Gasteiger partial charge in [0.1, 0.15) is 5.82 Å². The minimum Gasteiger partial charge on any atom is -0.319 e. The summed E-state index contributed by atoms with van der Waals surface area (Å²) >= 11 is 0. The number of hydrogen-bond acceptors (Lipinski definition) is 3. The molecule has 1 saturated heterocycles. The van der Waals surface area contributed by atoms with Crippen LogP contribution in [0.4, 0.5) is 10.6 Å². The third-order valence-electron chi connectivity index (χ3n) is 5.22. The van der Waals surface area contributed by atoms with Gasteiger partial charge in [-0.2, -0.15) is 5.10 Å². The van der Waals surface area contributed by atoms with Crippen molar-refractivity contribution >= 4 is 11.8 Å². The van der Waals surface area contributed by atoms with Crippen LogP contribution in [0.25, 0.3) is 5.69 Å². The molecule has 1 fully saturated rings. The van der Waals surface area contributed by atoms with E-state index < -0.39 is 0 Å². The zero-order valence-electron chi connectivity index (χ0n) is 14.9. The first-order valence-corrected chi connectivity index (χ1v) is 9.06. The van der Waals surface area contributed by atoms with Crippen molar-refractivity contribution in [2.24, 2.45) is 0 Å². The average molecular weight is 339 g/mol. The first kappa shape index (κ1) is 16.1. The van der Waals surface area contributed by atoms with Crippen molar-refractivity contribution in [3.63, 3.8) is 0 Å². The lowest BCUT2D eigenvalue weighted by molar-refractivity contribution is 0.125. The number of aryl methyl sites for hydroxylation is 1. The lowest BCUT2D eigenvalue weighted by Gasteiger charge is -2.38. The number of fused-ring (bicyclic) bond motifs is 1. The molecule has 6 nitrogen and oxygen atoms in total. The van der Waals surface area contributed by atoms with Crippen molar-refractivity contribution in [1.82, 2.24) is 19.6 Å². The zero-order chi connectivity index (χ0) is 17.4. The van der Waals surface area contributed by atoms with Crippen LogP contribution in [0.5, 0.6) is 0 Å². The molecule has 132 valence electrons. The van der Waals surface area contributed by atoms with Crippen molar-refractivity contribution in [2.75, 3.05) is 32.0 Å². The number of hydrogen-bond donors (Lipinski definition) is 1. The van der Waals surface area contributed by atoms with Gasteiger partial charge in [0.15, 0.2) is 0 Å². The predicted octanol–water partition coefficient (Wildman–Crippen LogP) is 2.53. The van der Waals surface area contributed by atoms with Crippen molar-refractivity contribution in [3.8, 4) is 5.69 Å². The van der Waals surface area contributed by atoms with Gasteiger partial charge in [-0.3, -0.25) is 5.32 Å². The molecule has 1 aliphatic heterocycles. The van der Waals surface area contributed by atoms with Crippen molar-refractivity contribution in [1.29, 1.82) is 0 Å². The quantitative estimate of drug-likeness (QED) is 0.915. The topological polar surface area (TPSA) is 53.4 Å². The highest BCUT2D eigenvalue weighted by atomic mass is 16.2. The number of rotatable bonds is 2. The molecule has 0 radical (unpaired) electrons. The highest BCUT2D eigenvalue weighted by Crippen LogP contribution is 2.31. The van der Waals surface area contributed by atoms with Crippen molar-refractivity contribution < 1.29 is 4.79 Å². The van der Waals surface area contributed by atoms with Crippen LogP contribution in [-0.4, -0.2) is 58.3 Å². The molecular formula is C19H25N5O. The van der Waals surface area contributed by atoms with Gasteiger partial charge in [-0.1, -0.05) is 18.2 Å². The minimum atomic E-state index is -0.0209. The first-order chi connectivity index (χ1) is 12.1. The van der Waals surface area contributed by atoms with E-state index in [4.69, 9.17) is 5.10 Å². The molecule has 1 N–H and O–H groups in total. The van der Waals surface area contributed by atoms with Crippen LogP contribution in [0.2, 0.25) is 0 Å². The Kier molecular flexibility index (Phi) is 4.21. The molecule has 1 atom stereocenters. The second-order valence-electron chi connectivity index (χ2n) is 7.11. The molecule has 2 aliphatic rings. The lowest BCUT2D eigenvalue weighted by atomic mass is 10.2. The predicted molar refractivity (Wildman–Crippen MR) is 98.3 cm³/mol. The highest BCUT2D eigenvalue weighted by Gasteiger charge is 2.29. The van der Waals surface area contributed by atoms with E-state index >= 15 is 0 Å². The number of benzene rings is 1. The molecule has 2 amide bonds. The molecule has 1 aromatic heterocycles. The number of nitrogens with one attached hydrogen (secondary N) is 1. The number of piperazine rings is 1. The van der Waals surface area contributed by atoms with Gasteiger partial charge in [-0.15, -0.1) is 0 Å². The maximum absolute atomic E-state index is 12.9. The summed E-state index contributed by atoms with van der Waals surface area (Å²) in [5.74, 6) is 0.842. The second-order valence-corrected chi connectivity index (χ2v) is 7.11. The Morgan fingerprint density at radius 2 is 2.00 bits per heavy atom. The fourth-order valence-corrected chi connectivity index (χ4v) is 3.89. The van der Waals surface area contributed by atoms with Crippen LogP contribution >= 0.6 is 0 Å². The van der Waals surface area contributed by atoms with Gasteiger partial charge in [-0.25, -0.2) is 9.48 Å². The molecular weight excluding hydrogens is 314 g/mol. The Labute approximate surface area is 148 Å². The van der Waals surface area contributed by atoms with Crippen LogP contribution < -0.4 is 5.32 Å². The summed E-state index contributed by atoms with van der Waals surface area (Å²) in [6, 6.07) is 10.2. The molecule has 0 saturated carbocycles. The summed E-state index contributed by atoms with van der Waals surface area (Å²) < 4.78 is 1.89. The average Bonchev–Trinajstić information content (AvgIpc) is 3.18. The van der Waals surface area contributed by atoms with Gasteiger partial charge >= 0.3 is 6.03 Å². The number of carbonyl (C=O) groups excluding carboxylic acids is 1. The van der Waals surface area contributed by atoms with Crippen molar-refractivity contribution in [2.45, 2.75) is 32.2 Å². The monoisotopic (exact) mass is 339 g/mol. The molecule has 6 heteroatoms. The molecule has 2 heterocycles. The van der Waals surface area contributed by atoms with E-state index in [-0.39, 0.29) is 12.1 Å². The Bertz CT molecular complexity index is 770. The molecule has 4 rings (SSSR count). The SMILES string of the molecule is C[C@@H]1CN(C)CCN1C(=O)Nc1c2c(nn1-c1ccccc1)CCC2. The van der Waals surface area contributed by atoms with Crippen LogP contribution in [0, 0.1) is 0 Å². The van der Waals surface area contributed by atoms with Crippen LogP contribution in [-0.2, 0) is 12.8 Å². The first-order valence-electron chi connectivity index (χ1n) is 9.06.